The molecule has 0 bridgehead atoms. The van der Waals surface area contributed by atoms with Crippen molar-refractivity contribution in [3.63, 3.8) is 0 Å². The topological polar surface area (TPSA) is 17.1 Å². The van der Waals surface area contributed by atoms with Gasteiger partial charge in [-0.1, -0.05) is 49.8 Å². The quantitative estimate of drug-likeness (QED) is 0.708. The average Bonchev–Trinajstić information content (AvgIpc) is 2.26. The molecule has 0 saturated heterocycles. The Morgan fingerprint density at radius 1 is 1.33 bits per heavy atom. The van der Waals surface area contributed by atoms with Crippen molar-refractivity contribution >= 4 is 22.9 Å². The molecule has 0 spiro atoms. The van der Waals surface area contributed by atoms with Crippen molar-refractivity contribution in [3.05, 3.63) is 35.4 Å². The number of hydrogen-bond donors (Lipinski definition) is 0. The standard InChI is InChI=1S/C13H14OS/c1-2-5-9-8-12(14)10-6-3-4-7-11(10)13(9)15/h3-4,6-7,9H,2,5,8H2,1H3. The first kappa shape index (κ1) is 10.5. The first-order valence-electron chi connectivity index (χ1n) is 5.40. The Bertz CT molecular complexity index is 409. The van der Waals surface area contributed by atoms with Crippen molar-refractivity contribution in [1.82, 2.24) is 0 Å². The van der Waals surface area contributed by atoms with E-state index in [-0.39, 0.29) is 11.7 Å². The molecule has 0 saturated carbocycles. The molecule has 1 unspecified atom stereocenters. The predicted octanol–water partition coefficient (Wildman–Crippen LogP) is 3.41. The van der Waals surface area contributed by atoms with Crippen molar-refractivity contribution in [2.45, 2.75) is 26.2 Å². The number of ketones is 1. The fourth-order valence-corrected chi connectivity index (χ4v) is 2.55. The third-order valence-electron chi connectivity index (χ3n) is 2.93. The highest BCUT2D eigenvalue weighted by Gasteiger charge is 2.28. The highest BCUT2D eigenvalue weighted by molar-refractivity contribution is 7.80. The number of benzene rings is 1. The molecule has 0 aliphatic heterocycles. The van der Waals surface area contributed by atoms with E-state index in [2.05, 4.69) is 6.92 Å². The second kappa shape index (κ2) is 4.23. The molecular weight excluding hydrogens is 204 g/mol. The summed E-state index contributed by atoms with van der Waals surface area (Å²) in [5.74, 6) is 0.532. The maximum absolute atomic E-state index is 11.9. The third-order valence-corrected chi connectivity index (χ3v) is 3.49. The Morgan fingerprint density at radius 2 is 2.00 bits per heavy atom. The zero-order valence-electron chi connectivity index (χ0n) is 8.82. The smallest absolute Gasteiger partial charge is 0.164 e. The van der Waals surface area contributed by atoms with E-state index in [1.165, 1.54) is 0 Å². The fourth-order valence-electron chi connectivity index (χ4n) is 2.17. The molecule has 78 valence electrons. The largest absolute Gasteiger partial charge is 0.294 e. The zero-order chi connectivity index (χ0) is 10.8. The number of Topliss-reactive ketones (excluding diaryl/α,β-unsaturated/α-hetero) is 1. The van der Waals surface area contributed by atoms with Crippen LogP contribution in [0.15, 0.2) is 24.3 Å². The lowest BCUT2D eigenvalue weighted by Crippen LogP contribution is -2.25. The highest BCUT2D eigenvalue weighted by atomic mass is 32.1. The number of carbonyl (C=O) groups excluding carboxylic acids is 1. The van der Waals surface area contributed by atoms with Gasteiger partial charge in [0.15, 0.2) is 5.78 Å². The molecule has 1 aromatic rings. The summed E-state index contributed by atoms with van der Waals surface area (Å²) in [6.07, 6.45) is 2.71. The summed E-state index contributed by atoms with van der Waals surface area (Å²) in [5, 5.41) is 0. The molecular formula is C13H14OS. The minimum atomic E-state index is 0.248. The molecule has 1 aromatic carbocycles. The van der Waals surface area contributed by atoms with E-state index in [1.54, 1.807) is 0 Å². The van der Waals surface area contributed by atoms with Gasteiger partial charge in [0.1, 0.15) is 0 Å². The molecule has 0 heterocycles. The molecule has 0 amide bonds. The van der Waals surface area contributed by atoms with Gasteiger partial charge in [0.25, 0.3) is 0 Å². The van der Waals surface area contributed by atoms with Gasteiger partial charge in [0.2, 0.25) is 0 Å². The van der Waals surface area contributed by atoms with E-state index in [1.807, 2.05) is 24.3 Å². The van der Waals surface area contributed by atoms with Gasteiger partial charge in [-0.25, -0.2) is 0 Å². The van der Waals surface area contributed by atoms with Crippen LogP contribution in [0, 0.1) is 5.92 Å². The Morgan fingerprint density at radius 3 is 2.67 bits per heavy atom. The SMILES string of the molecule is CCCC1CC(=O)c2ccccc2C1=S. The number of carbonyl (C=O) groups is 1. The van der Waals surface area contributed by atoms with Crippen LogP contribution in [-0.2, 0) is 0 Å². The summed E-state index contributed by atoms with van der Waals surface area (Å²) in [6.45, 7) is 2.13. The van der Waals surface area contributed by atoms with Crippen molar-refractivity contribution < 1.29 is 4.79 Å². The van der Waals surface area contributed by atoms with Gasteiger partial charge >= 0.3 is 0 Å². The van der Waals surface area contributed by atoms with E-state index in [0.717, 1.165) is 28.8 Å². The van der Waals surface area contributed by atoms with E-state index >= 15 is 0 Å². The van der Waals surface area contributed by atoms with Crippen LogP contribution in [0.1, 0.15) is 42.1 Å². The molecule has 0 aromatic heterocycles. The summed E-state index contributed by atoms with van der Waals surface area (Å²) in [6, 6.07) is 7.70. The normalized spacial score (nSPS) is 20.2. The lowest BCUT2D eigenvalue weighted by molar-refractivity contribution is 0.0966. The molecule has 1 aliphatic rings. The predicted molar refractivity (Wildman–Crippen MR) is 65.5 cm³/mol. The van der Waals surface area contributed by atoms with Crippen LogP contribution in [0.2, 0.25) is 0 Å². The number of rotatable bonds is 2. The minimum absolute atomic E-state index is 0.248. The van der Waals surface area contributed by atoms with Gasteiger partial charge in [-0.2, -0.15) is 0 Å². The van der Waals surface area contributed by atoms with Crippen molar-refractivity contribution in [3.8, 4) is 0 Å². The van der Waals surface area contributed by atoms with Crippen LogP contribution in [0.3, 0.4) is 0 Å². The van der Waals surface area contributed by atoms with Gasteiger partial charge in [-0.05, 0) is 12.0 Å². The van der Waals surface area contributed by atoms with Crippen LogP contribution >= 0.6 is 12.2 Å². The van der Waals surface area contributed by atoms with Gasteiger partial charge in [-0.3, -0.25) is 4.79 Å². The van der Waals surface area contributed by atoms with Crippen LogP contribution in [0.25, 0.3) is 0 Å². The summed E-state index contributed by atoms with van der Waals surface area (Å²) < 4.78 is 0. The molecule has 15 heavy (non-hydrogen) atoms. The Balaban J connectivity index is 2.40. The van der Waals surface area contributed by atoms with Gasteiger partial charge in [0, 0.05) is 22.8 Å². The number of thiocarbonyl (C=S) groups is 1. The number of fused-ring (bicyclic) bond motifs is 1. The summed E-state index contributed by atoms with van der Waals surface area (Å²) in [5.41, 5.74) is 1.80. The fraction of sp³-hybridized carbons (Fsp3) is 0.385. The average molecular weight is 218 g/mol. The van der Waals surface area contributed by atoms with Crippen LogP contribution in [-0.4, -0.2) is 10.6 Å². The first-order valence-corrected chi connectivity index (χ1v) is 5.81. The summed E-state index contributed by atoms with van der Waals surface area (Å²) >= 11 is 5.45. The van der Waals surface area contributed by atoms with E-state index in [0.29, 0.717) is 6.42 Å². The first-order chi connectivity index (χ1) is 7.24. The molecule has 0 N–H and O–H groups in total. The van der Waals surface area contributed by atoms with E-state index in [9.17, 15) is 4.79 Å². The molecule has 2 rings (SSSR count). The minimum Gasteiger partial charge on any atom is -0.294 e. The summed E-state index contributed by atoms with van der Waals surface area (Å²) in [4.78, 5) is 12.8. The molecule has 0 fully saturated rings. The molecule has 2 heteroatoms. The highest BCUT2D eigenvalue weighted by Crippen LogP contribution is 2.28. The molecule has 1 atom stereocenters. The van der Waals surface area contributed by atoms with Crippen LogP contribution in [0.4, 0.5) is 0 Å². The van der Waals surface area contributed by atoms with Crippen molar-refractivity contribution in [2.75, 3.05) is 0 Å². The molecule has 1 aliphatic carbocycles. The third kappa shape index (κ3) is 1.86. The lowest BCUT2D eigenvalue weighted by Gasteiger charge is -2.24. The van der Waals surface area contributed by atoms with Crippen LogP contribution < -0.4 is 0 Å². The number of hydrogen-bond acceptors (Lipinski definition) is 2. The van der Waals surface area contributed by atoms with E-state index < -0.39 is 0 Å². The van der Waals surface area contributed by atoms with E-state index in [4.69, 9.17) is 12.2 Å². The zero-order valence-corrected chi connectivity index (χ0v) is 9.64. The van der Waals surface area contributed by atoms with Crippen LogP contribution in [0.5, 0.6) is 0 Å². The molecule has 0 radical (unpaired) electrons. The summed E-state index contributed by atoms with van der Waals surface area (Å²) in [7, 11) is 0. The monoisotopic (exact) mass is 218 g/mol. The Kier molecular flexibility index (Phi) is 2.96. The second-order valence-electron chi connectivity index (χ2n) is 4.02. The maximum Gasteiger partial charge on any atom is 0.164 e. The van der Waals surface area contributed by atoms with Gasteiger partial charge in [0.05, 0.1) is 0 Å². The van der Waals surface area contributed by atoms with Gasteiger partial charge < -0.3 is 0 Å². The Labute approximate surface area is 95.5 Å². The Hall–Kier alpha value is -1.02. The van der Waals surface area contributed by atoms with Crippen molar-refractivity contribution in [1.29, 1.82) is 0 Å². The maximum atomic E-state index is 11.9. The second-order valence-corrected chi connectivity index (χ2v) is 4.46. The molecule has 1 nitrogen and oxygen atoms in total. The van der Waals surface area contributed by atoms with Crippen molar-refractivity contribution in [2.24, 2.45) is 5.92 Å². The lowest BCUT2D eigenvalue weighted by atomic mass is 9.81. The van der Waals surface area contributed by atoms with Gasteiger partial charge in [-0.15, -0.1) is 0 Å².